The van der Waals surface area contributed by atoms with Gasteiger partial charge in [-0.25, -0.2) is 14.8 Å². The average Bonchev–Trinajstić information content (AvgIpc) is 3.82. The number of ether oxygens (including phenoxy) is 5. The summed E-state index contributed by atoms with van der Waals surface area (Å²) >= 11 is 0. The van der Waals surface area contributed by atoms with Crippen molar-refractivity contribution in [3.63, 3.8) is 0 Å². The third-order valence-corrected chi connectivity index (χ3v) is 7.80. The minimum atomic E-state index is -0.583. The van der Waals surface area contributed by atoms with Gasteiger partial charge in [0.15, 0.2) is 11.5 Å². The molecule has 5 rings (SSSR count). The second-order valence-corrected chi connectivity index (χ2v) is 12.6. The number of H-pyrrole nitrogens is 2. The zero-order valence-corrected chi connectivity index (χ0v) is 28.1. The Kier molecular flexibility index (Phi) is 10.8. The molecule has 252 valence electrons. The van der Waals surface area contributed by atoms with Gasteiger partial charge in [0, 0.05) is 31.9 Å². The van der Waals surface area contributed by atoms with Crippen LogP contribution in [-0.4, -0.2) is 83.7 Å². The van der Waals surface area contributed by atoms with Gasteiger partial charge in [-0.3, -0.25) is 4.90 Å². The standard InChI is InChI=1S/C35H46N6O6/c1-22(36)32-37-20-27(39-32)24-11-9-23(10-12-24)25-13-14-26(31(46-19-17-44-6)30(25)45-18-16-43-5)28-21-38-33(40-28)29-8-7-15-41(29)34(42)47-35(2,3)4/h9-14,20-22,29H,7-8,15-19,36H2,1-6H3,(H,37,39)(H,38,40)/t22-,29-/m0/s1. The molecule has 0 aliphatic carbocycles. The fraction of sp³-hybridized carbons (Fsp3) is 0.457. The summed E-state index contributed by atoms with van der Waals surface area (Å²) in [4.78, 5) is 30.6. The molecule has 2 aromatic carbocycles. The molecule has 3 heterocycles. The Morgan fingerprint density at radius 3 is 2.13 bits per heavy atom. The Hall–Kier alpha value is -4.39. The molecule has 12 heteroatoms. The predicted molar refractivity (Wildman–Crippen MR) is 179 cm³/mol. The van der Waals surface area contributed by atoms with Crippen molar-refractivity contribution in [3.05, 3.63) is 60.4 Å². The largest absolute Gasteiger partial charge is 0.487 e. The van der Waals surface area contributed by atoms with Gasteiger partial charge in [0.2, 0.25) is 0 Å². The van der Waals surface area contributed by atoms with E-state index in [2.05, 4.69) is 15.0 Å². The van der Waals surface area contributed by atoms with E-state index >= 15 is 0 Å². The summed E-state index contributed by atoms with van der Waals surface area (Å²) in [6, 6.07) is 11.8. The molecule has 12 nitrogen and oxygen atoms in total. The lowest BCUT2D eigenvalue weighted by Gasteiger charge is -2.27. The van der Waals surface area contributed by atoms with Crippen molar-refractivity contribution in [1.29, 1.82) is 0 Å². The maximum Gasteiger partial charge on any atom is 0.410 e. The van der Waals surface area contributed by atoms with Crippen LogP contribution in [-0.2, 0) is 14.2 Å². The summed E-state index contributed by atoms with van der Waals surface area (Å²) in [6.45, 7) is 9.54. The zero-order chi connectivity index (χ0) is 33.6. The van der Waals surface area contributed by atoms with Crippen LogP contribution in [0.25, 0.3) is 33.6 Å². The number of carbonyl (C=O) groups is 1. The Bertz CT molecular complexity index is 1620. The molecule has 1 aliphatic heterocycles. The number of nitrogens with two attached hydrogens (primary N) is 1. The second kappa shape index (κ2) is 15.0. The summed E-state index contributed by atoms with van der Waals surface area (Å²) in [5.74, 6) is 2.56. The quantitative estimate of drug-likeness (QED) is 0.143. The molecule has 0 unspecified atom stereocenters. The van der Waals surface area contributed by atoms with Gasteiger partial charge in [-0.15, -0.1) is 0 Å². The molecule has 0 saturated carbocycles. The van der Waals surface area contributed by atoms with Gasteiger partial charge in [-0.1, -0.05) is 24.3 Å². The van der Waals surface area contributed by atoms with Gasteiger partial charge >= 0.3 is 6.09 Å². The van der Waals surface area contributed by atoms with Crippen molar-refractivity contribution in [2.45, 2.75) is 58.2 Å². The Morgan fingerprint density at radius 1 is 0.894 bits per heavy atom. The number of aromatic nitrogens is 4. The topological polar surface area (TPSA) is 150 Å². The normalized spacial score (nSPS) is 15.6. The fourth-order valence-corrected chi connectivity index (χ4v) is 5.52. The third-order valence-electron chi connectivity index (χ3n) is 7.80. The molecule has 1 fully saturated rings. The molecule has 2 atom stereocenters. The van der Waals surface area contributed by atoms with Crippen LogP contribution in [0.5, 0.6) is 11.5 Å². The number of aromatic amines is 2. The van der Waals surface area contributed by atoms with E-state index in [0.29, 0.717) is 50.3 Å². The number of benzene rings is 2. The lowest BCUT2D eigenvalue weighted by atomic mass is 9.98. The van der Waals surface area contributed by atoms with Crippen LogP contribution < -0.4 is 15.2 Å². The smallest absolute Gasteiger partial charge is 0.410 e. The van der Waals surface area contributed by atoms with Crippen LogP contribution >= 0.6 is 0 Å². The molecule has 0 bridgehead atoms. The average molecular weight is 647 g/mol. The van der Waals surface area contributed by atoms with Gasteiger partial charge in [0.25, 0.3) is 0 Å². The maximum absolute atomic E-state index is 13.0. The van der Waals surface area contributed by atoms with E-state index in [9.17, 15) is 4.79 Å². The molecule has 1 amide bonds. The summed E-state index contributed by atoms with van der Waals surface area (Å²) in [5.41, 5.74) is 10.6. The number of amides is 1. The first-order valence-electron chi connectivity index (χ1n) is 16.0. The van der Waals surface area contributed by atoms with Crippen LogP contribution in [0.1, 0.15) is 64.3 Å². The predicted octanol–water partition coefficient (Wildman–Crippen LogP) is 6.28. The van der Waals surface area contributed by atoms with Crippen LogP contribution in [0, 0.1) is 0 Å². The highest BCUT2D eigenvalue weighted by Crippen LogP contribution is 2.45. The van der Waals surface area contributed by atoms with Gasteiger partial charge in [-0.05, 0) is 63.8 Å². The van der Waals surface area contributed by atoms with Crippen LogP contribution in [0.3, 0.4) is 0 Å². The molecular weight excluding hydrogens is 600 g/mol. The highest BCUT2D eigenvalue weighted by Gasteiger charge is 2.35. The van der Waals surface area contributed by atoms with Crippen molar-refractivity contribution < 1.29 is 28.5 Å². The van der Waals surface area contributed by atoms with Gasteiger partial charge in [0.05, 0.1) is 49.1 Å². The molecule has 0 radical (unpaired) electrons. The summed E-state index contributed by atoms with van der Waals surface area (Å²) in [7, 11) is 3.27. The van der Waals surface area contributed by atoms with Crippen molar-refractivity contribution in [3.8, 4) is 45.1 Å². The summed E-state index contributed by atoms with van der Waals surface area (Å²) in [5, 5.41) is 0. The monoisotopic (exact) mass is 646 g/mol. The van der Waals surface area contributed by atoms with Crippen LogP contribution in [0.2, 0.25) is 0 Å². The Morgan fingerprint density at radius 2 is 1.51 bits per heavy atom. The lowest BCUT2D eigenvalue weighted by Crippen LogP contribution is -2.36. The molecule has 1 saturated heterocycles. The highest BCUT2D eigenvalue weighted by atomic mass is 16.6. The summed E-state index contributed by atoms with van der Waals surface area (Å²) in [6.07, 6.45) is 4.88. The minimum absolute atomic E-state index is 0.182. The highest BCUT2D eigenvalue weighted by molar-refractivity contribution is 5.83. The number of nitrogens with zero attached hydrogens (tertiary/aromatic N) is 3. The number of rotatable bonds is 13. The number of carbonyl (C=O) groups excluding carboxylic acids is 1. The molecule has 2 aromatic heterocycles. The molecule has 47 heavy (non-hydrogen) atoms. The Balaban J connectivity index is 1.51. The van der Waals surface area contributed by atoms with Crippen molar-refractivity contribution >= 4 is 6.09 Å². The van der Waals surface area contributed by atoms with Gasteiger partial charge < -0.3 is 39.4 Å². The zero-order valence-electron chi connectivity index (χ0n) is 28.1. The molecule has 4 N–H and O–H groups in total. The van der Waals surface area contributed by atoms with E-state index in [1.807, 2.05) is 64.1 Å². The number of imidazole rings is 2. The van der Waals surface area contributed by atoms with E-state index in [-0.39, 0.29) is 18.2 Å². The first-order valence-corrected chi connectivity index (χ1v) is 16.0. The van der Waals surface area contributed by atoms with E-state index in [0.717, 1.165) is 52.3 Å². The first kappa shape index (κ1) is 34.0. The van der Waals surface area contributed by atoms with E-state index in [1.165, 1.54) is 0 Å². The van der Waals surface area contributed by atoms with E-state index in [1.54, 1.807) is 31.5 Å². The maximum atomic E-state index is 13.0. The number of methoxy groups -OCH3 is 2. The molecule has 1 aliphatic rings. The van der Waals surface area contributed by atoms with E-state index < -0.39 is 5.60 Å². The SMILES string of the molecule is COCCOc1c(-c2ccc(-c3cnc([C@H](C)N)[nH]3)cc2)ccc(-c2cnc([C@@H]3CCCN3C(=O)OC(C)(C)C)[nH]2)c1OCCOC. The van der Waals surface area contributed by atoms with Crippen molar-refractivity contribution in [1.82, 2.24) is 24.8 Å². The van der Waals surface area contributed by atoms with Crippen molar-refractivity contribution in [2.24, 2.45) is 5.73 Å². The lowest BCUT2D eigenvalue weighted by molar-refractivity contribution is 0.0218. The molecule has 0 spiro atoms. The number of hydrogen-bond acceptors (Lipinski definition) is 9. The second-order valence-electron chi connectivity index (χ2n) is 12.6. The van der Waals surface area contributed by atoms with Gasteiger partial charge in [0.1, 0.15) is 30.5 Å². The fourth-order valence-electron chi connectivity index (χ4n) is 5.52. The minimum Gasteiger partial charge on any atom is -0.487 e. The van der Waals surface area contributed by atoms with E-state index in [4.69, 9.17) is 34.4 Å². The Labute approximate surface area is 275 Å². The van der Waals surface area contributed by atoms with Crippen LogP contribution in [0.4, 0.5) is 4.79 Å². The third kappa shape index (κ3) is 8.13. The van der Waals surface area contributed by atoms with Gasteiger partial charge in [-0.2, -0.15) is 0 Å². The summed E-state index contributed by atoms with van der Waals surface area (Å²) < 4.78 is 29.0. The molecular formula is C35H46N6O6. The van der Waals surface area contributed by atoms with Crippen LogP contribution in [0.15, 0.2) is 48.8 Å². The number of nitrogens with one attached hydrogen (secondary N) is 2. The first-order chi connectivity index (χ1) is 22.6. The number of likely N-dealkylation sites (tertiary alicyclic amines) is 1. The van der Waals surface area contributed by atoms with Crippen molar-refractivity contribution in [2.75, 3.05) is 47.2 Å². The molecule has 4 aromatic rings. The number of hydrogen-bond donors (Lipinski definition) is 3.